The van der Waals surface area contributed by atoms with Crippen molar-refractivity contribution in [1.29, 1.82) is 0 Å². The van der Waals surface area contributed by atoms with Gasteiger partial charge in [-0.15, -0.1) is 22.7 Å². The number of hydrogen-bond acceptors (Lipinski definition) is 3. The summed E-state index contributed by atoms with van der Waals surface area (Å²) in [5, 5.41) is 2.70. The first-order valence-corrected chi connectivity index (χ1v) is 12.9. The van der Waals surface area contributed by atoms with Gasteiger partial charge in [0, 0.05) is 25.4 Å². The molecule has 0 atom stereocenters. The molecule has 0 unspecified atom stereocenters. The number of nitrogens with zero attached hydrogens (tertiary/aromatic N) is 1. The zero-order chi connectivity index (χ0) is 21.3. The third-order valence-corrected chi connectivity index (χ3v) is 8.47. The van der Waals surface area contributed by atoms with Gasteiger partial charge >= 0.3 is 0 Å². The van der Waals surface area contributed by atoms with Crippen LogP contribution in [0.15, 0.2) is 91.1 Å². The van der Waals surface area contributed by atoms with E-state index >= 15 is 0 Å². The highest BCUT2D eigenvalue weighted by atomic mass is 32.1. The predicted molar refractivity (Wildman–Crippen MR) is 140 cm³/mol. The first-order chi connectivity index (χ1) is 15.8. The van der Waals surface area contributed by atoms with E-state index in [-0.39, 0.29) is 0 Å². The lowest BCUT2D eigenvalue weighted by molar-refractivity contribution is 0.369. The van der Waals surface area contributed by atoms with E-state index in [0.29, 0.717) is 0 Å². The monoisotopic (exact) mass is 451 g/mol. The van der Waals surface area contributed by atoms with Crippen LogP contribution in [0.1, 0.15) is 33.7 Å². The molecule has 1 aliphatic rings. The number of thiophene rings is 2. The molecule has 158 valence electrons. The largest absolute Gasteiger partial charge is 0.367 e. The van der Waals surface area contributed by atoms with E-state index in [4.69, 9.17) is 0 Å². The third kappa shape index (κ3) is 3.99. The fourth-order valence-electron chi connectivity index (χ4n) is 4.79. The van der Waals surface area contributed by atoms with Gasteiger partial charge in [0.15, 0.2) is 0 Å². The van der Waals surface area contributed by atoms with Crippen molar-refractivity contribution in [2.75, 3.05) is 0 Å². The van der Waals surface area contributed by atoms with Crippen LogP contribution >= 0.6 is 22.7 Å². The van der Waals surface area contributed by atoms with E-state index in [1.165, 1.54) is 59.5 Å². The van der Waals surface area contributed by atoms with Crippen molar-refractivity contribution in [3.8, 4) is 0 Å². The predicted octanol–water partition coefficient (Wildman–Crippen LogP) is 8.50. The molecule has 0 bridgehead atoms. The highest BCUT2D eigenvalue weighted by Gasteiger charge is 2.16. The van der Waals surface area contributed by atoms with Gasteiger partial charge in [0.05, 0.1) is 13.1 Å². The van der Waals surface area contributed by atoms with Crippen molar-refractivity contribution in [3.63, 3.8) is 0 Å². The van der Waals surface area contributed by atoms with Crippen LogP contribution in [0.3, 0.4) is 0 Å². The maximum Gasteiger partial charge on any atom is 0.0521 e. The van der Waals surface area contributed by atoms with Crippen LogP contribution in [-0.4, -0.2) is 4.90 Å². The molecule has 0 amide bonds. The fraction of sp³-hybridized carbons (Fsp3) is 0.172. The van der Waals surface area contributed by atoms with E-state index in [1.807, 2.05) is 22.7 Å². The van der Waals surface area contributed by atoms with E-state index < -0.39 is 0 Å². The molecule has 0 fully saturated rings. The zero-order valence-electron chi connectivity index (χ0n) is 18.0. The van der Waals surface area contributed by atoms with Crippen LogP contribution in [0.5, 0.6) is 0 Å². The minimum Gasteiger partial charge on any atom is -0.367 e. The van der Waals surface area contributed by atoms with Gasteiger partial charge < -0.3 is 4.90 Å². The van der Waals surface area contributed by atoms with Gasteiger partial charge in [-0.25, -0.2) is 0 Å². The van der Waals surface area contributed by atoms with E-state index in [2.05, 4.69) is 96.0 Å². The molecule has 0 N–H and O–H groups in total. The second-order valence-electron chi connectivity index (χ2n) is 8.57. The summed E-state index contributed by atoms with van der Waals surface area (Å²) < 4.78 is 2.75. The molecule has 0 radical (unpaired) electrons. The topological polar surface area (TPSA) is 3.24 Å². The maximum absolute atomic E-state index is 2.53. The van der Waals surface area contributed by atoms with Crippen molar-refractivity contribution in [2.24, 2.45) is 0 Å². The first kappa shape index (κ1) is 19.8. The van der Waals surface area contributed by atoms with Crippen LogP contribution in [0.4, 0.5) is 0 Å². The van der Waals surface area contributed by atoms with E-state index in [0.717, 1.165) is 19.5 Å². The van der Waals surface area contributed by atoms with Crippen molar-refractivity contribution in [2.45, 2.75) is 32.4 Å². The molecule has 2 aromatic heterocycles. The summed E-state index contributed by atoms with van der Waals surface area (Å²) in [5.41, 5.74) is 4.42. The van der Waals surface area contributed by atoms with Gasteiger partial charge in [0.2, 0.25) is 0 Å². The summed E-state index contributed by atoms with van der Waals surface area (Å²) in [7, 11) is 0. The standard InChI is InChI=1S/C29H25NS2/c1-4-13-27-21(8-1)11-7-12-24(27)18-30(19-25-16-22-9-2-5-14-28(22)31-25)20-26-17-23-10-3-6-15-29(23)32-26/h1-6,8-10,13-18H,7,11-12,19-20H2. The van der Waals surface area contributed by atoms with Crippen molar-refractivity contribution >= 4 is 48.4 Å². The van der Waals surface area contributed by atoms with Gasteiger partial charge in [-0.3, -0.25) is 0 Å². The highest BCUT2D eigenvalue weighted by molar-refractivity contribution is 7.19. The molecular formula is C29H25NS2. The lowest BCUT2D eigenvalue weighted by atomic mass is 9.88. The number of aryl methyl sites for hydroxylation is 1. The molecule has 5 aromatic rings. The van der Waals surface area contributed by atoms with Gasteiger partial charge in [0.1, 0.15) is 0 Å². The van der Waals surface area contributed by atoms with E-state index in [1.54, 1.807) is 0 Å². The molecule has 2 heterocycles. The quantitative estimate of drug-likeness (QED) is 0.259. The summed E-state index contributed by atoms with van der Waals surface area (Å²) in [6, 6.07) is 31.1. The molecule has 0 saturated heterocycles. The van der Waals surface area contributed by atoms with Gasteiger partial charge in [-0.2, -0.15) is 0 Å². The second-order valence-corrected chi connectivity index (χ2v) is 10.9. The van der Waals surface area contributed by atoms with Crippen LogP contribution in [0.2, 0.25) is 0 Å². The van der Waals surface area contributed by atoms with Crippen molar-refractivity contribution < 1.29 is 0 Å². The summed E-state index contributed by atoms with van der Waals surface area (Å²) in [6.45, 7) is 1.89. The molecular weight excluding hydrogens is 426 g/mol. The average molecular weight is 452 g/mol. The Kier molecular flexibility index (Phi) is 5.30. The number of fused-ring (bicyclic) bond motifs is 3. The van der Waals surface area contributed by atoms with Crippen LogP contribution in [-0.2, 0) is 19.5 Å². The third-order valence-electron chi connectivity index (χ3n) is 6.26. The SMILES string of the molecule is C(=C1CCCc2ccccc21)N(Cc1cc2ccccc2s1)Cc1cc2ccccc2s1. The Labute approximate surface area is 197 Å². The Morgan fingerprint density at radius 3 is 1.94 bits per heavy atom. The Balaban J connectivity index is 1.37. The fourth-order valence-corrected chi connectivity index (χ4v) is 6.97. The summed E-state index contributed by atoms with van der Waals surface area (Å²) >= 11 is 3.84. The van der Waals surface area contributed by atoms with Crippen LogP contribution in [0, 0.1) is 0 Å². The minimum absolute atomic E-state index is 0.944. The van der Waals surface area contributed by atoms with Gasteiger partial charge in [-0.05, 0) is 71.0 Å². The smallest absolute Gasteiger partial charge is 0.0521 e. The Hall–Kier alpha value is -2.88. The first-order valence-electron chi connectivity index (χ1n) is 11.3. The molecule has 1 nitrogen and oxygen atoms in total. The minimum atomic E-state index is 0.944. The molecule has 6 rings (SSSR count). The molecule has 1 aliphatic carbocycles. The second kappa shape index (κ2) is 8.57. The lowest BCUT2D eigenvalue weighted by Crippen LogP contribution is -2.17. The number of hydrogen-bond donors (Lipinski definition) is 0. The lowest BCUT2D eigenvalue weighted by Gasteiger charge is -2.25. The molecule has 3 aromatic carbocycles. The van der Waals surface area contributed by atoms with Gasteiger partial charge in [-0.1, -0.05) is 60.7 Å². The average Bonchev–Trinajstić information content (AvgIpc) is 3.42. The molecule has 0 spiro atoms. The van der Waals surface area contributed by atoms with Crippen molar-refractivity contribution in [3.05, 3.63) is 112 Å². The maximum atomic E-state index is 2.53. The Morgan fingerprint density at radius 2 is 1.28 bits per heavy atom. The zero-order valence-corrected chi connectivity index (χ0v) is 19.6. The van der Waals surface area contributed by atoms with Gasteiger partial charge in [0.25, 0.3) is 0 Å². The molecule has 0 saturated carbocycles. The number of allylic oxidation sites excluding steroid dienone is 1. The Bertz CT molecular complexity index is 1280. The van der Waals surface area contributed by atoms with Crippen LogP contribution < -0.4 is 0 Å². The molecule has 32 heavy (non-hydrogen) atoms. The molecule has 0 aliphatic heterocycles. The highest BCUT2D eigenvalue weighted by Crippen LogP contribution is 2.34. The summed E-state index contributed by atoms with van der Waals surface area (Å²) in [4.78, 5) is 5.38. The number of benzene rings is 3. The van der Waals surface area contributed by atoms with Crippen LogP contribution in [0.25, 0.3) is 25.7 Å². The molecule has 3 heteroatoms. The summed E-state index contributed by atoms with van der Waals surface area (Å²) in [6.07, 6.45) is 6.04. The van der Waals surface area contributed by atoms with Crippen molar-refractivity contribution in [1.82, 2.24) is 4.90 Å². The Morgan fingerprint density at radius 1 is 0.688 bits per heavy atom. The van der Waals surface area contributed by atoms with E-state index in [9.17, 15) is 0 Å². The summed E-state index contributed by atoms with van der Waals surface area (Å²) in [5.74, 6) is 0. The normalized spacial score (nSPS) is 14.8. The number of rotatable bonds is 5.